The highest BCUT2D eigenvalue weighted by molar-refractivity contribution is 5.34. The Morgan fingerprint density at radius 3 is 3.08 bits per heavy atom. The van der Waals surface area contributed by atoms with Gasteiger partial charge in [-0.2, -0.15) is 0 Å². The maximum Gasteiger partial charge on any atom is 0.293 e. The molecule has 2 rings (SSSR count). The van der Waals surface area contributed by atoms with Gasteiger partial charge >= 0.3 is 0 Å². The lowest BCUT2D eigenvalue weighted by molar-refractivity contribution is 0.725. The Hall–Kier alpha value is -1.69. The minimum absolute atomic E-state index is 0.239. The van der Waals surface area contributed by atoms with Gasteiger partial charge in [0.2, 0.25) is 5.65 Å². The van der Waals surface area contributed by atoms with Crippen LogP contribution in [0.2, 0.25) is 0 Å². The minimum atomic E-state index is -0.262. The van der Waals surface area contributed by atoms with E-state index < -0.39 is 0 Å². The molecule has 2 heterocycles. The van der Waals surface area contributed by atoms with E-state index in [0.29, 0.717) is 5.82 Å². The summed E-state index contributed by atoms with van der Waals surface area (Å²) in [5.41, 5.74) is 5.65. The van der Waals surface area contributed by atoms with Crippen molar-refractivity contribution < 1.29 is 0 Å². The van der Waals surface area contributed by atoms with Crippen molar-refractivity contribution in [1.29, 1.82) is 0 Å². The van der Waals surface area contributed by atoms with E-state index in [0.717, 1.165) is 0 Å². The van der Waals surface area contributed by atoms with Crippen LogP contribution in [0.15, 0.2) is 17.2 Å². The predicted molar refractivity (Wildman–Crippen MR) is 46.2 cm³/mol. The lowest BCUT2D eigenvalue weighted by Crippen LogP contribution is -2.13. The normalized spacial score (nSPS) is 13.4. The van der Waals surface area contributed by atoms with Gasteiger partial charge in [-0.1, -0.05) is 0 Å². The number of fused-ring (bicyclic) bond motifs is 1. The van der Waals surface area contributed by atoms with Gasteiger partial charge in [0.15, 0.2) is 5.82 Å². The lowest BCUT2D eigenvalue weighted by Gasteiger charge is -2.00. The molecule has 0 saturated heterocycles. The Bertz CT molecular complexity index is 483. The first-order valence-corrected chi connectivity index (χ1v) is 3.88. The second-order valence-corrected chi connectivity index (χ2v) is 2.83. The molecule has 0 aliphatic rings. The molecule has 6 heteroatoms. The Labute approximate surface area is 73.4 Å². The number of rotatable bonds is 1. The summed E-state index contributed by atoms with van der Waals surface area (Å²) in [6, 6.07) is -0.239. The molecule has 0 amide bonds. The molecule has 0 aliphatic carbocycles. The average molecular weight is 179 g/mol. The van der Waals surface area contributed by atoms with Crippen molar-refractivity contribution in [3.8, 4) is 0 Å². The van der Waals surface area contributed by atoms with Crippen LogP contribution in [-0.4, -0.2) is 19.6 Å². The van der Waals surface area contributed by atoms with Crippen LogP contribution >= 0.6 is 0 Å². The summed E-state index contributed by atoms with van der Waals surface area (Å²) in [5.74, 6) is 0.584. The Balaban J connectivity index is 2.83. The molecule has 68 valence electrons. The standard InChI is InChI=1S/C7H9N5O/c1-4(8)5-10-11-6-7(13)9-2-3-12(5)6/h2-4H,8H2,1H3,(H,9,13)/t4-/m1/s1. The van der Waals surface area contributed by atoms with Gasteiger partial charge in [0.25, 0.3) is 5.56 Å². The molecule has 2 aromatic heterocycles. The van der Waals surface area contributed by atoms with Crippen molar-refractivity contribution >= 4 is 5.65 Å². The topological polar surface area (TPSA) is 89.1 Å². The van der Waals surface area contributed by atoms with E-state index in [1.807, 2.05) is 0 Å². The van der Waals surface area contributed by atoms with Gasteiger partial charge in [-0.3, -0.25) is 9.20 Å². The molecule has 6 nitrogen and oxygen atoms in total. The largest absolute Gasteiger partial charge is 0.324 e. The smallest absolute Gasteiger partial charge is 0.293 e. The number of aromatic nitrogens is 4. The predicted octanol–water partition coefficient (Wildman–Crippen LogP) is -0.563. The van der Waals surface area contributed by atoms with Gasteiger partial charge in [-0.15, -0.1) is 10.2 Å². The van der Waals surface area contributed by atoms with E-state index in [2.05, 4.69) is 15.2 Å². The molecule has 0 unspecified atom stereocenters. The average Bonchev–Trinajstić information content (AvgIpc) is 2.48. The SMILES string of the molecule is C[C@@H](N)c1nnc2c(=O)[nH]ccn12. The molecule has 1 atom stereocenters. The number of hydrogen-bond donors (Lipinski definition) is 2. The zero-order valence-corrected chi connectivity index (χ0v) is 7.06. The summed E-state index contributed by atoms with van der Waals surface area (Å²) in [5, 5.41) is 7.55. The third-order valence-electron chi connectivity index (χ3n) is 1.77. The highest BCUT2D eigenvalue weighted by Crippen LogP contribution is 2.05. The summed E-state index contributed by atoms with van der Waals surface area (Å²) in [4.78, 5) is 13.7. The van der Waals surface area contributed by atoms with Gasteiger partial charge in [0.1, 0.15) is 0 Å². The molecule has 13 heavy (non-hydrogen) atoms. The van der Waals surface area contributed by atoms with Gasteiger partial charge in [-0.25, -0.2) is 0 Å². The highest BCUT2D eigenvalue weighted by Gasteiger charge is 2.10. The monoisotopic (exact) mass is 179 g/mol. The van der Waals surface area contributed by atoms with E-state index in [-0.39, 0.29) is 17.2 Å². The zero-order valence-electron chi connectivity index (χ0n) is 7.06. The van der Waals surface area contributed by atoms with Crippen LogP contribution in [0.3, 0.4) is 0 Å². The fraction of sp³-hybridized carbons (Fsp3) is 0.286. The maximum absolute atomic E-state index is 11.2. The van der Waals surface area contributed by atoms with E-state index in [4.69, 9.17) is 5.73 Å². The Kier molecular flexibility index (Phi) is 1.63. The van der Waals surface area contributed by atoms with Crippen molar-refractivity contribution in [2.75, 3.05) is 0 Å². The second kappa shape index (κ2) is 2.67. The molecule has 3 N–H and O–H groups in total. The third-order valence-corrected chi connectivity index (χ3v) is 1.77. The molecule has 0 fully saturated rings. The van der Waals surface area contributed by atoms with E-state index in [1.165, 1.54) is 6.20 Å². The van der Waals surface area contributed by atoms with Gasteiger partial charge in [0.05, 0.1) is 6.04 Å². The summed E-state index contributed by atoms with van der Waals surface area (Å²) in [6.45, 7) is 1.79. The molecule has 2 aromatic rings. The number of aromatic amines is 1. The number of H-pyrrole nitrogens is 1. The molecular formula is C7H9N5O. The van der Waals surface area contributed by atoms with Crippen molar-refractivity contribution in [3.63, 3.8) is 0 Å². The second-order valence-electron chi connectivity index (χ2n) is 2.83. The van der Waals surface area contributed by atoms with Gasteiger partial charge in [0, 0.05) is 12.4 Å². The Morgan fingerprint density at radius 2 is 2.38 bits per heavy atom. The summed E-state index contributed by atoms with van der Waals surface area (Å²) in [7, 11) is 0. The van der Waals surface area contributed by atoms with Crippen LogP contribution in [0.1, 0.15) is 18.8 Å². The van der Waals surface area contributed by atoms with Crippen molar-refractivity contribution in [2.24, 2.45) is 5.73 Å². The van der Waals surface area contributed by atoms with E-state index in [9.17, 15) is 4.79 Å². The summed E-state index contributed by atoms with van der Waals surface area (Å²) in [6.07, 6.45) is 3.21. The molecule has 0 aliphatic heterocycles. The molecular weight excluding hydrogens is 170 g/mol. The first-order valence-electron chi connectivity index (χ1n) is 3.88. The highest BCUT2D eigenvalue weighted by atomic mass is 16.1. The number of nitrogens with one attached hydrogen (secondary N) is 1. The van der Waals surface area contributed by atoms with Crippen LogP contribution in [0.4, 0.5) is 0 Å². The first kappa shape index (κ1) is 7.93. The van der Waals surface area contributed by atoms with Crippen molar-refractivity contribution in [2.45, 2.75) is 13.0 Å². The van der Waals surface area contributed by atoms with Gasteiger partial charge in [-0.05, 0) is 6.92 Å². The lowest BCUT2D eigenvalue weighted by atomic mass is 10.3. The number of nitrogens with zero attached hydrogens (tertiary/aromatic N) is 3. The molecule has 0 aromatic carbocycles. The van der Waals surface area contributed by atoms with Crippen LogP contribution in [0.25, 0.3) is 5.65 Å². The van der Waals surface area contributed by atoms with Crippen LogP contribution < -0.4 is 11.3 Å². The van der Waals surface area contributed by atoms with E-state index in [1.54, 1.807) is 17.5 Å². The minimum Gasteiger partial charge on any atom is -0.324 e. The molecule has 0 saturated carbocycles. The van der Waals surface area contributed by atoms with Crippen LogP contribution in [0, 0.1) is 0 Å². The number of hydrogen-bond acceptors (Lipinski definition) is 4. The summed E-state index contributed by atoms with van der Waals surface area (Å²) < 4.78 is 1.59. The zero-order chi connectivity index (χ0) is 9.42. The van der Waals surface area contributed by atoms with Crippen molar-refractivity contribution in [3.05, 3.63) is 28.6 Å². The van der Waals surface area contributed by atoms with E-state index >= 15 is 0 Å². The fourth-order valence-electron chi connectivity index (χ4n) is 1.17. The van der Waals surface area contributed by atoms with Crippen LogP contribution in [-0.2, 0) is 0 Å². The third kappa shape index (κ3) is 1.11. The fourth-order valence-corrected chi connectivity index (χ4v) is 1.17. The van der Waals surface area contributed by atoms with Gasteiger partial charge < -0.3 is 10.7 Å². The van der Waals surface area contributed by atoms with Crippen molar-refractivity contribution in [1.82, 2.24) is 19.6 Å². The molecule has 0 radical (unpaired) electrons. The first-order chi connectivity index (χ1) is 6.20. The Morgan fingerprint density at radius 1 is 1.62 bits per heavy atom. The maximum atomic E-state index is 11.2. The number of nitrogens with two attached hydrogens (primary N) is 1. The quantitative estimate of drug-likeness (QED) is 0.614. The molecule has 0 spiro atoms. The summed E-state index contributed by atoms with van der Waals surface area (Å²) >= 11 is 0. The van der Waals surface area contributed by atoms with Crippen LogP contribution in [0.5, 0.6) is 0 Å². The molecule has 0 bridgehead atoms.